The number of rotatable bonds is 3. The van der Waals surface area contributed by atoms with Crippen molar-refractivity contribution in [3.8, 4) is 0 Å². The molecule has 34 heavy (non-hydrogen) atoms. The van der Waals surface area contributed by atoms with Crippen LogP contribution < -0.4 is 16.5 Å². The van der Waals surface area contributed by atoms with Gasteiger partial charge in [-0.2, -0.15) is 18.2 Å². The third kappa shape index (κ3) is 4.27. The van der Waals surface area contributed by atoms with E-state index >= 15 is 0 Å². The van der Waals surface area contributed by atoms with Gasteiger partial charge in [-0.15, -0.1) is 0 Å². The topological polar surface area (TPSA) is 71.5 Å². The third-order valence-electron chi connectivity index (χ3n) is 6.50. The Bertz CT molecular complexity index is 1360. The maximum Gasteiger partial charge on any atom is 0.416 e. The Balaban J connectivity index is 1.64. The van der Waals surface area contributed by atoms with Crippen molar-refractivity contribution in [3.63, 3.8) is 0 Å². The number of nitrogen functional groups attached to an aromatic ring is 1. The zero-order chi connectivity index (χ0) is 24.0. The number of alkyl halides is 3. The van der Waals surface area contributed by atoms with Crippen molar-refractivity contribution in [2.45, 2.75) is 32.1 Å². The van der Waals surface area contributed by atoms with E-state index in [9.17, 15) is 13.2 Å². The lowest BCUT2D eigenvalue weighted by molar-refractivity contribution is -0.137. The van der Waals surface area contributed by atoms with Crippen LogP contribution in [0.2, 0.25) is 0 Å². The van der Waals surface area contributed by atoms with Crippen molar-refractivity contribution in [1.29, 1.82) is 0 Å². The number of hydrogen-bond donors (Lipinski definition) is 2. The first kappa shape index (κ1) is 22.5. The monoisotopic (exact) mass is 468 g/mol. The molecule has 2 aliphatic rings. The Morgan fingerprint density at radius 1 is 1.15 bits per heavy atom. The van der Waals surface area contributed by atoms with Crippen LogP contribution in [0.15, 0.2) is 47.5 Å². The van der Waals surface area contributed by atoms with E-state index in [2.05, 4.69) is 46.1 Å². The van der Waals surface area contributed by atoms with Gasteiger partial charge in [0.2, 0.25) is 5.95 Å². The van der Waals surface area contributed by atoms with Crippen LogP contribution in [0.3, 0.4) is 0 Å². The first-order chi connectivity index (χ1) is 16.2. The number of anilines is 2. The molecular formula is C25H27F3N6. The van der Waals surface area contributed by atoms with Crippen LogP contribution in [0.25, 0.3) is 16.5 Å². The van der Waals surface area contributed by atoms with Gasteiger partial charge in [-0.3, -0.25) is 4.99 Å². The third-order valence-corrected chi connectivity index (χ3v) is 6.50. The van der Waals surface area contributed by atoms with Gasteiger partial charge < -0.3 is 20.5 Å². The first-order valence-electron chi connectivity index (χ1n) is 11.4. The quantitative estimate of drug-likeness (QED) is 0.558. The molecule has 0 radical (unpaired) electrons. The van der Waals surface area contributed by atoms with Crippen LogP contribution in [0.5, 0.6) is 0 Å². The summed E-state index contributed by atoms with van der Waals surface area (Å²) in [4.78, 5) is 11.8. The number of benzene rings is 2. The van der Waals surface area contributed by atoms with Crippen LogP contribution in [-0.2, 0) is 12.7 Å². The number of halogens is 3. The van der Waals surface area contributed by atoms with Gasteiger partial charge in [0.1, 0.15) is 0 Å². The highest BCUT2D eigenvalue weighted by molar-refractivity contribution is 5.84. The lowest BCUT2D eigenvalue weighted by Gasteiger charge is -2.22. The second-order valence-corrected chi connectivity index (χ2v) is 9.00. The van der Waals surface area contributed by atoms with Gasteiger partial charge in [-0.05, 0) is 67.4 Å². The smallest absolute Gasteiger partial charge is 0.399 e. The zero-order valence-electron chi connectivity index (χ0n) is 19.2. The van der Waals surface area contributed by atoms with E-state index in [1.54, 1.807) is 13.0 Å². The van der Waals surface area contributed by atoms with Crippen molar-refractivity contribution in [2.75, 3.05) is 37.7 Å². The molecule has 0 bridgehead atoms. The Hall–Kier alpha value is -3.33. The van der Waals surface area contributed by atoms with Crippen LogP contribution in [0.4, 0.5) is 24.8 Å². The molecule has 2 aliphatic heterocycles. The van der Waals surface area contributed by atoms with Gasteiger partial charge in [0, 0.05) is 37.3 Å². The van der Waals surface area contributed by atoms with E-state index in [0.717, 1.165) is 61.2 Å². The largest absolute Gasteiger partial charge is 0.416 e. The van der Waals surface area contributed by atoms with Gasteiger partial charge in [0.25, 0.3) is 0 Å². The summed E-state index contributed by atoms with van der Waals surface area (Å²) in [5.74, 6) is 0.716. The molecule has 0 aliphatic carbocycles. The molecule has 2 aromatic carbocycles. The molecule has 9 heteroatoms. The number of nitrogens with zero attached hydrogens (tertiary/aromatic N) is 4. The molecule has 0 fully saturated rings. The molecule has 3 aromatic rings. The average Bonchev–Trinajstić information content (AvgIpc) is 3.27. The molecule has 0 spiro atoms. The summed E-state index contributed by atoms with van der Waals surface area (Å²) >= 11 is 0. The van der Waals surface area contributed by atoms with Crippen LogP contribution >= 0.6 is 0 Å². The molecule has 3 N–H and O–H groups in total. The van der Waals surface area contributed by atoms with Crippen molar-refractivity contribution in [3.05, 3.63) is 64.7 Å². The molecule has 0 saturated carbocycles. The Morgan fingerprint density at radius 3 is 2.71 bits per heavy atom. The van der Waals surface area contributed by atoms with E-state index in [1.165, 1.54) is 5.57 Å². The van der Waals surface area contributed by atoms with Crippen LogP contribution in [-0.4, -0.2) is 41.1 Å². The predicted octanol–water partition coefficient (Wildman–Crippen LogP) is 4.44. The molecule has 5 rings (SSSR count). The summed E-state index contributed by atoms with van der Waals surface area (Å²) in [5.41, 5.74) is 9.40. The summed E-state index contributed by atoms with van der Waals surface area (Å²) in [5, 5.41) is 4.16. The summed E-state index contributed by atoms with van der Waals surface area (Å²) < 4.78 is 42.1. The van der Waals surface area contributed by atoms with Crippen molar-refractivity contribution in [2.24, 2.45) is 4.99 Å². The number of nitrogens with one attached hydrogen (secondary N) is 1. The minimum atomic E-state index is -4.47. The van der Waals surface area contributed by atoms with Crippen LogP contribution in [0.1, 0.15) is 36.1 Å². The normalized spacial score (nSPS) is 18.0. The average molecular weight is 469 g/mol. The summed E-state index contributed by atoms with van der Waals surface area (Å²) in [7, 11) is 2.10. The molecule has 3 heterocycles. The van der Waals surface area contributed by atoms with Gasteiger partial charge in [-0.25, -0.2) is 0 Å². The van der Waals surface area contributed by atoms with Gasteiger partial charge in [0.05, 0.1) is 17.1 Å². The Morgan fingerprint density at radius 2 is 1.97 bits per heavy atom. The Labute approximate surface area is 195 Å². The predicted molar refractivity (Wildman–Crippen MR) is 128 cm³/mol. The highest BCUT2D eigenvalue weighted by Gasteiger charge is 2.31. The highest BCUT2D eigenvalue weighted by Crippen LogP contribution is 2.33. The van der Waals surface area contributed by atoms with Gasteiger partial charge in [0.15, 0.2) is 5.49 Å². The second kappa shape index (κ2) is 8.47. The van der Waals surface area contributed by atoms with Gasteiger partial charge in [-0.1, -0.05) is 12.1 Å². The molecule has 6 nitrogen and oxygen atoms in total. The number of nitrogens with two attached hydrogens (primary N) is 1. The molecule has 0 unspecified atom stereocenters. The molecule has 1 atom stereocenters. The fraction of sp³-hybridized carbons (Fsp3) is 0.360. The van der Waals surface area contributed by atoms with E-state index in [4.69, 9.17) is 15.7 Å². The molecule has 1 aromatic heterocycles. The maximum absolute atomic E-state index is 13.3. The van der Waals surface area contributed by atoms with E-state index < -0.39 is 17.8 Å². The highest BCUT2D eigenvalue weighted by atomic mass is 19.4. The number of fused-ring (bicyclic) bond motifs is 3. The fourth-order valence-electron chi connectivity index (χ4n) is 4.60. The van der Waals surface area contributed by atoms with Crippen molar-refractivity contribution in [1.82, 2.24) is 14.5 Å². The first-order valence-corrected chi connectivity index (χ1v) is 11.4. The molecular weight excluding hydrogens is 441 g/mol. The number of aromatic nitrogens is 2. The standard InChI is InChI=1S/C25H27F3N6/c1-15(18-11-19(25(26,27)28)14-20(29)12-18)31-23-21-13-17(16-5-8-33(2)9-6-16)3-4-22(21)34-10-7-30-24(34)32-23/h3-5,11-15H,6-10,29H2,1-2H3,(H,30,31,32)/t15-/m1/s1. The minimum absolute atomic E-state index is 0.0624. The zero-order valence-corrected chi connectivity index (χ0v) is 19.2. The van der Waals surface area contributed by atoms with E-state index in [-0.39, 0.29) is 5.69 Å². The van der Waals surface area contributed by atoms with E-state index in [0.29, 0.717) is 17.0 Å². The second-order valence-electron chi connectivity index (χ2n) is 9.00. The fourth-order valence-corrected chi connectivity index (χ4v) is 4.60. The molecule has 0 saturated heterocycles. The van der Waals surface area contributed by atoms with Crippen molar-refractivity contribution < 1.29 is 13.2 Å². The summed E-state index contributed by atoms with van der Waals surface area (Å²) in [6.07, 6.45) is -1.27. The van der Waals surface area contributed by atoms with Crippen LogP contribution in [0, 0.1) is 0 Å². The SMILES string of the molecule is C[C@@H](N=c1nc2n(c3ccc(C4=CCN(C)CC4)cc13)CCN2)c1cc(N)cc(C(F)(F)F)c1. The number of hydrogen-bond acceptors (Lipinski definition) is 5. The molecule has 0 amide bonds. The lowest BCUT2D eigenvalue weighted by Crippen LogP contribution is -2.23. The summed E-state index contributed by atoms with van der Waals surface area (Å²) in [6, 6.07) is 9.37. The lowest BCUT2D eigenvalue weighted by atomic mass is 9.98. The maximum atomic E-state index is 13.3. The minimum Gasteiger partial charge on any atom is -0.399 e. The van der Waals surface area contributed by atoms with Crippen molar-refractivity contribution >= 4 is 28.1 Å². The molecule has 178 valence electrons. The number of likely N-dealkylation sites (N-methyl/N-ethyl adjacent to an activating group) is 1. The van der Waals surface area contributed by atoms with E-state index in [1.807, 2.05) is 0 Å². The Kier molecular flexibility index (Phi) is 5.59. The van der Waals surface area contributed by atoms with Gasteiger partial charge >= 0.3 is 6.18 Å². The summed E-state index contributed by atoms with van der Waals surface area (Å²) in [6.45, 7) is 5.23.